The Morgan fingerprint density at radius 2 is 1.70 bits per heavy atom. The summed E-state index contributed by atoms with van der Waals surface area (Å²) >= 11 is 1.42. The van der Waals surface area contributed by atoms with E-state index >= 15 is 0 Å². The number of carbonyl (C=O) groups is 1. The highest BCUT2D eigenvalue weighted by Crippen LogP contribution is 2.34. The zero-order valence-electron chi connectivity index (χ0n) is 18.3. The summed E-state index contributed by atoms with van der Waals surface area (Å²) in [7, 11) is 5.18. The van der Waals surface area contributed by atoms with Crippen molar-refractivity contribution in [2.24, 2.45) is 0 Å². The molecular weight excluding hydrogens is 396 g/mol. The van der Waals surface area contributed by atoms with Crippen LogP contribution in [0.1, 0.15) is 32.3 Å². The average molecular weight is 425 g/mol. The molecule has 0 bridgehead atoms. The Bertz CT molecular complexity index is 1010. The first-order valence-corrected chi connectivity index (χ1v) is 10.8. The number of thioether (sulfide) groups is 1. The molecule has 158 valence electrons. The fourth-order valence-electron chi connectivity index (χ4n) is 3.24. The molecule has 0 aliphatic rings. The van der Waals surface area contributed by atoms with Gasteiger partial charge < -0.3 is 9.64 Å². The van der Waals surface area contributed by atoms with E-state index < -0.39 is 0 Å². The molecule has 0 aliphatic heterocycles. The second-order valence-electron chi connectivity index (χ2n) is 7.58. The fraction of sp³-hybridized carbons (Fsp3) is 0.348. The maximum atomic E-state index is 12.5. The minimum absolute atomic E-state index is 0.0395. The third-order valence-corrected chi connectivity index (χ3v) is 5.88. The van der Waals surface area contributed by atoms with Crippen molar-refractivity contribution < 1.29 is 9.53 Å². The molecule has 0 aliphatic carbocycles. The number of methoxy groups -OCH3 is 1. The number of aromatic nitrogens is 3. The lowest BCUT2D eigenvalue weighted by atomic mass is 10.0. The number of carbonyl (C=O) groups excluding carboxylic acids is 1. The van der Waals surface area contributed by atoms with Crippen LogP contribution in [0.15, 0.2) is 53.7 Å². The first-order chi connectivity index (χ1) is 14.3. The first kappa shape index (κ1) is 21.9. The monoisotopic (exact) mass is 424 g/mol. The molecule has 1 atom stereocenters. The van der Waals surface area contributed by atoms with Gasteiger partial charge in [-0.25, -0.2) is 0 Å². The van der Waals surface area contributed by atoms with Gasteiger partial charge in [0.15, 0.2) is 11.0 Å². The third kappa shape index (κ3) is 4.51. The largest absolute Gasteiger partial charge is 0.497 e. The minimum Gasteiger partial charge on any atom is -0.497 e. The third-order valence-electron chi connectivity index (χ3n) is 4.85. The van der Waals surface area contributed by atoms with Gasteiger partial charge in [-0.05, 0) is 48.7 Å². The van der Waals surface area contributed by atoms with E-state index in [0.717, 1.165) is 22.8 Å². The van der Waals surface area contributed by atoms with E-state index in [4.69, 9.17) is 4.74 Å². The Morgan fingerprint density at radius 3 is 2.30 bits per heavy atom. The van der Waals surface area contributed by atoms with Crippen LogP contribution < -0.4 is 4.74 Å². The maximum Gasteiger partial charge on any atom is 0.235 e. The highest BCUT2D eigenvalue weighted by atomic mass is 32.2. The molecule has 0 radical (unpaired) electrons. The number of hydrogen-bond acceptors (Lipinski definition) is 5. The topological polar surface area (TPSA) is 60.3 Å². The van der Waals surface area contributed by atoms with Gasteiger partial charge in [0.2, 0.25) is 5.91 Å². The molecule has 0 spiro atoms. The summed E-state index contributed by atoms with van der Waals surface area (Å²) in [6.45, 7) is 6.23. The number of rotatable bonds is 7. The van der Waals surface area contributed by atoms with Gasteiger partial charge in [0.05, 0.1) is 18.0 Å². The predicted octanol–water partition coefficient (Wildman–Crippen LogP) is 4.64. The van der Waals surface area contributed by atoms with Crippen LogP contribution in [0, 0.1) is 0 Å². The highest BCUT2D eigenvalue weighted by Gasteiger charge is 2.24. The lowest BCUT2D eigenvalue weighted by Crippen LogP contribution is -2.29. The van der Waals surface area contributed by atoms with Gasteiger partial charge in [-0.2, -0.15) is 0 Å². The minimum atomic E-state index is -0.280. The number of para-hydroxylation sites is 1. The molecule has 0 saturated carbocycles. The molecule has 0 saturated heterocycles. The van der Waals surface area contributed by atoms with Gasteiger partial charge in [-0.1, -0.05) is 43.8 Å². The van der Waals surface area contributed by atoms with Crippen LogP contribution in [0.2, 0.25) is 0 Å². The summed E-state index contributed by atoms with van der Waals surface area (Å²) < 4.78 is 7.34. The van der Waals surface area contributed by atoms with Crippen LogP contribution in [-0.2, 0) is 4.79 Å². The van der Waals surface area contributed by atoms with Crippen molar-refractivity contribution in [2.75, 3.05) is 21.2 Å². The van der Waals surface area contributed by atoms with Crippen molar-refractivity contribution >= 4 is 17.7 Å². The molecule has 1 heterocycles. The summed E-state index contributed by atoms with van der Waals surface area (Å²) in [5.74, 6) is 1.88. The summed E-state index contributed by atoms with van der Waals surface area (Å²) in [4.78, 5) is 14.1. The van der Waals surface area contributed by atoms with Crippen LogP contribution in [0.25, 0.3) is 17.1 Å². The Labute approximate surface area is 182 Å². The van der Waals surface area contributed by atoms with Crippen molar-refractivity contribution in [2.45, 2.75) is 37.1 Å². The zero-order valence-corrected chi connectivity index (χ0v) is 19.1. The molecule has 0 fully saturated rings. The number of nitrogens with zero attached hydrogens (tertiary/aromatic N) is 4. The number of ether oxygens (including phenoxy) is 1. The second-order valence-corrected chi connectivity index (χ2v) is 8.88. The summed E-state index contributed by atoms with van der Waals surface area (Å²) in [5.41, 5.74) is 3.15. The molecule has 6 nitrogen and oxygen atoms in total. The summed E-state index contributed by atoms with van der Waals surface area (Å²) in [6.07, 6.45) is 0. The number of hydrogen-bond donors (Lipinski definition) is 0. The van der Waals surface area contributed by atoms with E-state index in [-0.39, 0.29) is 11.2 Å². The SMILES string of the molecule is COc1ccc(-c2nnc(SC(C)C(=O)N(C)C)n2-c2ccccc2C(C)C)cc1. The Morgan fingerprint density at radius 1 is 1.03 bits per heavy atom. The molecule has 3 rings (SSSR count). The van der Waals surface area contributed by atoms with Crippen molar-refractivity contribution in [3.8, 4) is 22.8 Å². The molecule has 3 aromatic rings. The fourth-order valence-corrected chi connectivity index (χ4v) is 4.25. The van der Waals surface area contributed by atoms with E-state index in [1.165, 1.54) is 17.3 Å². The molecule has 1 amide bonds. The summed E-state index contributed by atoms with van der Waals surface area (Å²) in [5, 5.41) is 9.38. The summed E-state index contributed by atoms with van der Waals surface area (Å²) in [6, 6.07) is 16.0. The molecule has 1 unspecified atom stereocenters. The molecular formula is C23H28N4O2S. The van der Waals surface area contributed by atoms with Gasteiger partial charge in [0, 0.05) is 19.7 Å². The van der Waals surface area contributed by atoms with Crippen LogP contribution in [0.4, 0.5) is 0 Å². The molecule has 7 heteroatoms. The lowest BCUT2D eigenvalue weighted by molar-refractivity contribution is -0.127. The van der Waals surface area contributed by atoms with Crippen LogP contribution >= 0.6 is 11.8 Å². The van der Waals surface area contributed by atoms with Crippen molar-refractivity contribution in [1.29, 1.82) is 0 Å². The standard InChI is InChI=1S/C23H28N4O2S/c1-15(2)19-9-7-8-10-20(19)27-21(17-11-13-18(29-6)14-12-17)24-25-23(27)30-16(3)22(28)26(4)5/h7-16H,1-6H3. The van der Waals surface area contributed by atoms with E-state index in [0.29, 0.717) is 11.1 Å². The van der Waals surface area contributed by atoms with Crippen LogP contribution in [-0.4, -0.2) is 52.0 Å². The van der Waals surface area contributed by atoms with Gasteiger partial charge in [-0.15, -0.1) is 10.2 Å². The van der Waals surface area contributed by atoms with E-state index in [2.05, 4.69) is 40.7 Å². The molecule has 0 N–H and O–H groups in total. The normalized spacial score (nSPS) is 12.1. The lowest BCUT2D eigenvalue weighted by Gasteiger charge is -2.19. The quantitative estimate of drug-likeness (QED) is 0.517. The molecule has 30 heavy (non-hydrogen) atoms. The predicted molar refractivity (Wildman–Crippen MR) is 121 cm³/mol. The highest BCUT2D eigenvalue weighted by molar-refractivity contribution is 8.00. The van der Waals surface area contributed by atoms with E-state index in [9.17, 15) is 4.79 Å². The Kier molecular flexibility index (Phi) is 6.82. The van der Waals surface area contributed by atoms with Crippen molar-refractivity contribution in [3.63, 3.8) is 0 Å². The Hall–Kier alpha value is -2.80. The van der Waals surface area contributed by atoms with Crippen molar-refractivity contribution in [3.05, 3.63) is 54.1 Å². The maximum absolute atomic E-state index is 12.5. The zero-order chi connectivity index (χ0) is 21.8. The van der Waals surface area contributed by atoms with Gasteiger partial charge in [0.25, 0.3) is 0 Å². The van der Waals surface area contributed by atoms with E-state index in [1.54, 1.807) is 26.1 Å². The van der Waals surface area contributed by atoms with Crippen LogP contribution in [0.5, 0.6) is 5.75 Å². The van der Waals surface area contributed by atoms with Gasteiger partial charge in [-0.3, -0.25) is 9.36 Å². The van der Waals surface area contributed by atoms with Gasteiger partial charge in [0.1, 0.15) is 5.75 Å². The molecule has 1 aromatic heterocycles. The average Bonchev–Trinajstić information content (AvgIpc) is 3.16. The number of amides is 1. The number of benzene rings is 2. The van der Waals surface area contributed by atoms with Gasteiger partial charge >= 0.3 is 0 Å². The molecule has 2 aromatic carbocycles. The van der Waals surface area contributed by atoms with Crippen LogP contribution in [0.3, 0.4) is 0 Å². The first-order valence-electron chi connectivity index (χ1n) is 9.90. The second kappa shape index (κ2) is 9.34. The van der Waals surface area contributed by atoms with E-state index in [1.807, 2.05) is 43.3 Å². The Balaban J connectivity index is 2.15. The smallest absolute Gasteiger partial charge is 0.235 e. The van der Waals surface area contributed by atoms with Crippen molar-refractivity contribution in [1.82, 2.24) is 19.7 Å².